The van der Waals surface area contributed by atoms with Gasteiger partial charge in [-0.2, -0.15) is 0 Å². The van der Waals surface area contributed by atoms with Crippen LogP contribution in [-0.4, -0.2) is 60.2 Å². The Morgan fingerprint density at radius 3 is 2.21 bits per heavy atom. The molecule has 3 aromatic rings. The first-order valence-corrected chi connectivity index (χ1v) is 11.7. The Bertz CT molecular complexity index is 1030. The van der Waals surface area contributed by atoms with Crippen LogP contribution in [0.4, 0.5) is 0 Å². The van der Waals surface area contributed by atoms with E-state index in [4.69, 9.17) is 16.3 Å². The smallest absolute Gasteiger partial charge is 0.339 e. The Kier molecular flexibility index (Phi) is 8.00. The van der Waals surface area contributed by atoms with Crippen molar-refractivity contribution >= 4 is 17.6 Å². The minimum absolute atomic E-state index is 0.209. The van der Waals surface area contributed by atoms with Crippen LogP contribution in [0.3, 0.4) is 0 Å². The molecule has 0 aromatic heterocycles. The maximum atomic E-state index is 11.3. The summed E-state index contributed by atoms with van der Waals surface area (Å²) in [5.41, 5.74) is 2.75. The van der Waals surface area contributed by atoms with Crippen LogP contribution in [-0.2, 0) is 0 Å². The predicted octanol–water partition coefficient (Wildman–Crippen LogP) is 5.21. The highest BCUT2D eigenvalue weighted by atomic mass is 35.5. The van der Waals surface area contributed by atoms with Gasteiger partial charge in [0.1, 0.15) is 11.3 Å². The van der Waals surface area contributed by atoms with Gasteiger partial charge in [0.05, 0.1) is 12.6 Å². The van der Waals surface area contributed by atoms with E-state index in [0.29, 0.717) is 12.4 Å². The van der Waals surface area contributed by atoms with Gasteiger partial charge in [-0.25, -0.2) is 4.79 Å². The maximum absolute atomic E-state index is 11.3. The molecule has 33 heavy (non-hydrogen) atoms. The summed E-state index contributed by atoms with van der Waals surface area (Å²) in [7, 11) is 0. The molecule has 1 unspecified atom stereocenters. The van der Waals surface area contributed by atoms with Gasteiger partial charge < -0.3 is 14.7 Å². The van der Waals surface area contributed by atoms with Crippen LogP contribution in [0.25, 0.3) is 0 Å². The average Bonchev–Trinajstić information content (AvgIpc) is 2.85. The number of carboxylic acids is 1. The molecule has 6 heteroatoms. The molecule has 1 fully saturated rings. The number of carboxylic acid groups (broad SMARTS) is 1. The molecule has 0 aliphatic carbocycles. The number of piperazine rings is 1. The number of hydrogen-bond acceptors (Lipinski definition) is 4. The fourth-order valence-electron chi connectivity index (χ4n) is 4.38. The molecular formula is C27H29ClN2O3. The van der Waals surface area contributed by atoms with Crippen molar-refractivity contribution < 1.29 is 14.6 Å². The first-order valence-electron chi connectivity index (χ1n) is 11.3. The van der Waals surface area contributed by atoms with Crippen molar-refractivity contribution in [2.45, 2.75) is 12.5 Å². The minimum Gasteiger partial charge on any atom is -0.493 e. The van der Waals surface area contributed by atoms with E-state index in [1.54, 1.807) is 24.3 Å². The molecular weight excluding hydrogens is 436 g/mol. The Hall–Kier alpha value is -2.86. The second kappa shape index (κ2) is 11.3. The van der Waals surface area contributed by atoms with Gasteiger partial charge in [0.15, 0.2) is 0 Å². The summed E-state index contributed by atoms with van der Waals surface area (Å²) in [6, 6.07) is 25.8. The van der Waals surface area contributed by atoms with Crippen molar-refractivity contribution in [3.05, 3.63) is 101 Å². The van der Waals surface area contributed by atoms with E-state index in [-0.39, 0.29) is 11.6 Å². The van der Waals surface area contributed by atoms with Crippen LogP contribution in [0.1, 0.15) is 33.9 Å². The molecule has 0 bridgehead atoms. The number of halogens is 1. The van der Waals surface area contributed by atoms with Crippen molar-refractivity contribution in [2.75, 3.05) is 39.3 Å². The number of nitrogens with zero attached hydrogens (tertiary/aromatic N) is 2. The van der Waals surface area contributed by atoms with Gasteiger partial charge in [0.25, 0.3) is 0 Å². The average molecular weight is 465 g/mol. The van der Waals surface area contributed by atoms with Gasteiger partial charge in [-0.3, -0.25) is 4.90 Å². The molecule has 1 saturated heterocycles. The summed E-state index contributed by atoms with van der Waals surface area (Å²) in [6.07, 6.45) is 0.854. The molecule has 1 N–H and O–H groups in total. The van der Waals surface area contributed by atoms with Crippen molar-refractivity contribution in [1.82, 2.24) is 9.80 Å². The number of aromatic carboxylic acids is 1. The third-order valence-corrected chi connectivity index (χ3v) is 6.32. The molecule has 0 radical (unpaired) electrons. The molecule has 3 aromatic carbocycles. The van der Waals surface area contributed by atoms with E-state index in [1.807, 2.05) is 12.1 Å². The number of hydrogen-bond donors (Lipinski definition) is 1. The lowest BCUT2D eigenvalue weighted by Crippen LogP contribution is -2.48. The first-order chi connectivity index (χ1) is 16.1. The molecule has 0 amide bonds. The monoisotopic (exact) mass is 464 g/mol. The second-order valence-electron chi connectivity index (χ2n) is 8.25. The summed E-state index contributed by atoms with van der Waals surface area (Å²) in [5.74, 6) is -0.529. The molecule has 4 rings (SSSR count). The summed E-state index contributed by atoms with van der Waals surface area (Å²) in [5, 5.41) is 10.0. The van der Waals surface area contributed by atoms with Crippen LogP contribution in [0.5, 0.6) is 5.75 Å². The normalized spacial score (nSPS) is 15.8. The third kappa shape index (κ3) is 6.14. The number of rotatable bonds is 9. The van der Waals surface area contributed by atoms with Crippen LogP contribution in [0.15, 0.2) is 78.9 Å². The van der Waals surface area contributed by atoms with Crippen molar-refractivity contribution in [3.63, 3.8) is 0 Å². The minimum atomic E-state index is -0.963. The molecule has 0 spiro atoms. The van der Waals surface area contributed by atoms with E-state index >= 15 is 0 Å². The Morgan fingerprint density at radius 1 is 0.879 bits per heavy atom. The number of para-hydroxylation sites is 1. The Labute approximate surface area is 200 Å². The van der Waals surface area contributed by atoms with Gasteiger partial charge in [0, 0.05) is 37.7 Å². The molecule has 0 saturated carbocycles. The molecule has 172 valence electrons. The highest BCUT2D eigenvalue weighted by Crippen LogP contribution is 2.30. The van der Waals surface area contributed by atoms with E-state index < -0.39 is 5.97 Å². The van der Waals surface area contributed by atoms with E-state index in [0.717, 1.165) is 44.2 Å². The standard InChI is InChI=1S/C27H29ClN2O3/c28-23-13-11-22(12-14-23)26(21-7-2-1-3-8-21)30-18-16-29(17-19-30)15-6-20-33-25-10-5-4-9-24(25)27(31)32/h1-5,7-14,26H,6,15-20H2,(H,31,32). The third-order valence-electron chi connectivity index (χ3n) is 6.07. The lowest BCUT2D eigenvalue weighted by Gasteiger charge is -2.39. The molecule has 5 nitrogen and oxygen atoms in total. The molecule has 1 atom stereocenters. The van der Waals surface area contributed by atoms with Crippen molar-refractivity contribution in [2.24, 2.45) is 0 Å². The maximum Gasteiger partial charge on any atom is 0.339 e. The molecule has 1 aliphatic heterocycles. The number of carbonyl (C=O) groups is 1. The fourth-order valence-corrected chi connectivity index (χ4v) is 4.51. The lowest BCUT2D eigenvalue weighted by atomic mass is 9.96. The highest BCUT2D eigenvalue weighted by molar-refractivity contribution is 6.30. The van der Waals surface area contributed by atoms with Crippen LogP contribution < -0.4 is 4.74 Å². The van der Waals surface area contributed by atoms with Gasteiger partial charge in [-0.1, -0.05) is 66.2 Å². The zero-order valence-electron chi connectivity index (χ0n) is 18.6. The Balaban J connectivity index is 1.31. The topological polar surface area (TPSA) is 53.0 Å². The summed E-state index contributed by atoms with van der Waals surface area (Å²) in [4.78, 5) is 16.3. The SMILES string of the molecule is O=C(O)c1ccccc1OCCCN1CCN(C(c2ccccc2)c2ccc(Cl)cc2)CC1. The van der Waals surface area contributed by atoms with E-state index in [2.05, 4.69) is 52.3 Å². The van der Waals surface area contributed by atoms with Crippen LogP contribution >= 0.6 is 11.6 Å². The zero-order chi connectivity index (χ0) is 23.0. The number of benzene rings is 3. The second-order valence-corrected chi connectivity index (χ2v) is 8.68. The summed E-state index contributed by atoms with van der Waals surface area (Å²) in [6.45, 7) is 5.36. The van der Waals surface area contributed by atoms with Crippen molar-refractivity contribution in [1.29, 1.82) is 0 Å². The first kappa shape index (κ1) is 23.3. The van der Waals surface area contributed by atoms with E-state index in [9.17, 15) is 9.90 Å². The fraction of sp³-hybridized carbons (Fsp3) is 0.296. The summed E-state index contributed by atoms with van der Waals surface area (Å²) < 4.78 is 5.75. The number of ether oxygens (including phenoxy) is 1. The molecule has 1 heterocycles. The van der Waals surface area contributed by atoms with E-state index in [1.165, 1.54) is 11.1 Å². The molecule has 1 aliphatic rings. The predicted molar refractivity (Wildman–Crippen MR) is 131 cm³/mol. The lowest BCUT2D eigenvalue weighted by molar-refractivity contribution is 0.0691. The largest absolute Gasteiger partial charge is 0.493 e. The van der Waals surface area contributed by atoms with Crippen molar-refractivity contribution in [3.8, 4) is 5.75 Å². The summed E-state index contributed by atoms with van der Waals surface area (Å²) >= 11 is 6.13. The van der Waals surface area contributed by atoms with Gasteiger partial charge in [-0.05, 0) is 41.8 Å². The van der Waals surface area contributed by atoms with Crippen LogP contribution in [0, 0.1) is 0 Å². The van der Waals surface area contributed by atoms with Crippen LogP contribution in [0.2, 0.25) is 5.02 Å². The van der Waals surface area contributed by atoms with Gasteiger partial charge in [-0.15, -0.1) is 0 Å². The quantitative estimate of drug-likeness (QED) is 0.440. The van der Waals surface area contributed by atoms with Gasteiger partial charge >= 0.3 is 5.97 Å². The zero-order valence-corrected chi connectivity index (χ0v) is 19.3. The van der Waals surface area contributed by atoms with Gasteiger partial charge in [0.2, 0.25) is 0 Å². The Morgan fingerprint density at radius 2 is 1.52 bits per heavy atom. The highest BCUT2D eigenvalue weighted by Gasteiger charge is 2.26.